The molecular weight excluding hydrogens is 604 g/mol. The first-order valence-electron chi connectivity index (χ1n) is 14.4. The molecule has 1 N–H and O–H groups in total. The molecule has 2 aromatic carbocycles. The Morgan fingerprint density at radius 3 is 2.26 bits per heavy atom. The van der Waals surface area contributed by atoms with Crippen molar-refractivity contribution in [1.82, 2.24) is 5.32 Å². The van der Waals surface area contributed by atoms with Gasteiger partial charge in [-0.3, -0.25) is 14.9 Å². The smallest absolute Gasteiger partial charge is 0.343 e. The van der Waals surface area contributed by atoms with Crippen LogP contribution in [0.3, 0.4) is 0 Å². The van der Waals surface area contributed by atoms with Crippen molar-refractivity contribution in [1.29, 1.82) is 0 Å². The van der Waals surface area contributed by atoms with E-state index in [1.165, 1.54) is 57.3 Å². The van der Waals surface area contributed by atoms with Gasteiger partial charge in [0.2, 0.25) is 0 Å². The third kappa shape index (κ3) is 5.21. The van der Waals surface area contributed by atoms with Crippen LogP contribution in [-0.4, -0.2) is 44.1 Å². The number of esters is 1. The molecule has 10 heteroatoms. The summed E-state index contributed by atoms with van der Waals surface area (Å²) in [6.07, 6.45) is 9.12. The van der Waals surface area contributed by atoms with Crippen molar-refractivity contribution in [3.8, 4) is 11.5 Å². The van der Waals surface area contributed by atoms with Gasteiger partial charge < -0.3 is 14.2 Å². The average Bonchev–Trinajstić information content (AvgIpc) is 2.94. The molecule has 2 aromatic rings. The first-order valence-corrected chi connectivity index (χ1v) is 15.2. The standard InChI is InChI=1S/C32H33BrN2O7/c1-3-41-26-13-18(12-25(33)28(26)42-17-27(36)40-2)11-24-29(37)34-31(39)35(30(24)38)23-6-4-22(5-7-23)32-14-19-8-20(15-32)10-21(9-19)16-32/h4-7,11-13,19-21H,3,8-10,14-17H2,1-2H3,(H,34,37,39)/b24-11+. The van der Waals surface area contributed by atoms with E-state index in [9.17, 15) is 19.2 Å². The van der Waals surface area contributed by atoms with Crippen LogP contribution in [0.15, 0.2) is 46.4 Å². The van der Waals surface area contributed by atoms with Crippen molar-refractivity contribution in [3.05, 3.63) is 57.6 Å². The highest BCUT2D eigenvalue weighted by Gasteiger charge is 2.51. The Hall–Kier alpha value is -3.66. The molecule has 1 heterocycles. The second-order valence-electron chi connectivity index (χ2n) is 11.8. The van der Waals surface area contributed by atoms with Crippen LogP contribution >= 0.6 is 15.9 Å². The third-order valence-electron chi connectivity index (χ3n) is 9.08. The Bertz CT molecular complexity index is 1450. The van der Waals surface area contributed by atoms with Gasteiger partial charge in [-0.15, -0.1) is 0 Å². The number of barbiturate groups is 1. The molecule has 0 radical (unpaired) electrons. The molecule has 1 saturated heterocycles. The zero-order chi connectivity index (χ0) is 29.6. The van der Waals surface area contributed by atoms with Crippen LogP contribution in [0.25, 0.3) is 6.08 Å². The van der Waals surface area contributed by atoms with Gasteiger partial charge in [0.25, 0.3) is 11.8 Å². The van der Waals surface area contributed by atoms with Crippen LogP contribution in [0.1, 0.15) is 56.6 Å². The van der Waals surface area contributed by atoms with Gasteiger partial charge in [0.1, 0.15) is 5.57 Å². The van der Waals surface area contributed by atoms with E-state index in [1.54, 1.807) is 19.1 Å². The summed E-state index contributed by atoms with van der Waals surface area (Å²) < 4.78 is 16.3. The van der Waals surface area contributed by atoms with Crippen LogP contribution < -0.4 is 19.7 Å². The normalized spacial score (nSPS) is 27.3. The maximum absolute atomic E-state index is 13.6. The average molecular weight is 638 g/mol. The predicted octanol–water partition coefficient (Wildman–Crippen LogP) is 5.53. The predicted molar refractivity (Wildman–Crippen MR) is 158 cm³/mol. The molecule has 5 fully saturated rings. The van der Waals surface area contributed by atoms with E-state index in [-0.39, 0.29) is 23.3 Å². The van der Waals surface area contributed by atoms with E-state index in [4.69, 9.17) is 9.47 Å². The van der Waals surface area contributed by atoms with Crippen molar-refractivity contribution in [2.45, 2.75) is 50.9 Å². The lowest BCUT2D eigenvalue weighted by Gasteiger charge is -2.57. The maximum atomic E-state index is 13.6. The number of imide groups is 2. The molecular formula is C32H33BrN2O7. The van der Waals surface area contributed by atoms with Gasteiger partial charge in [-0.05, 0) is 126 Å². The molecule has 0 aromatic heterocycles. The maximum Gasteiger partial charge on any atom is 0.343 e. The van der Waals surface area contributed by atoms with E-state index in [0.717, 1.165) is 22.7 Å². The number of halogens is 1. The van der Waals surface area contributed by atoms with Crippen LogP contribution in [0.5, 0.6) is 11.5 Å². The topological polar surface area (TPSA) is 111 Å². The molecule has 4 amide bonds. The number of ether oxygens (including phenoxy) is 3. The number of carbonyl (C=O) groups is 4. The zero-order valence-corrected chi connectivity index (χ0v) is 25.2. The molecule has 4 bridgehead atoms. The number of methoxy groups -OCH3 is 1. The van der Waals surface area contributed by atoms with Gasteiger partial charge in [0.05, 0.1) is 23.9 Å². The summed E-state index contributed by atoms with van der Waals surface area (Å²) >= 11 is 3.42. The molecule has 5 aliphatic rings. The minimum Gasteiger partial charge on any atom is -0.490 e. The van der Waals surface area contributed by atoms with E-state index < -0.39 is 23.8 Å². The largest absolute Gasteiger partial charge is 0.490 e. The highest BCUT2D eigenvalue weighted by Crippen LogP contribution is 2.60. The minimum absolute atomic E-state index is 0.195. The second kappa shape index (κ2) is 11.2. The van der Waals surface area contributed by atoms with Crippen molar-refractivity contribution in [3.63, 3.8) is 0 Å². The molecule has 42 heavy (non-hydrogen) atoms. The van der Waals surface area contributed by atoms with Gasteiger partial charge >= 0.3 is 12.0 Å². The monoisotopic (exact) mass is 636 g/mol. The molecule has 0 atom stereocenters. The van der Waals surface area contributed by atoms with E-state index in [1.807, 2.05) is 12.1 Å². The number of carbonyl (C=O) groups excluding carboxylic acids is 4. The van der Waals surface area contributed by atoms with Crippen molar-refractivity contribution >= 4 is 51.5 Å². The summed E-state index contributed by atoms with van der Waals surface area (Å²) in [6.45, 7) is 1.77. The molecule has 220 valence electrons. The summed E-state index contributed by atoms with van der Waals surface area (Å²) in [6, 6.07) is 10.2. The van der Waals surface area contributed by atoms with Gasteiger partial charge in [-0.2, -0.15) is 0 Å². The lowest BCUT2D eigenvalue weighted by Crippen LogP contribution is -2.54. The van der Waals surface area contributed by atoms with Crippen LogP contribution in [0, 0.1) is 17.8 Å². The SMILES string of the molecule is CCOc1cc(/C=C2\C(=O)NC(=O)N(c3ccc(C45CC6CC(CC(C6)C4)C5)cc3)C2=O)cc(Br)c1OCC(=O)OC. The van der Waals surface area contributed by atoms with E-state index in [0.29, 0.717) is 28.1 Å². The molecule has 1 aliphatic heterocycles. The summed E-state index contributed by atoms with van der Waals surface area (Å²) in [5.41, 5.74) is 2.15. The van der Waals surface area contributed by atoms with Crippen molar-refractivity contribution < 1.29 is 33.4 Å². The Balaban J connectivity index is 1.26. The van der Waals surface area contributed by atoms with E-state index >= 15 is 0 Å². The zero-order valence-electron chi connectivity index (χ0n) is 23.6. The van der Waals surface area contributed by atoms with Crippen LogP contribution in [0.4, 0.5) is 10.5 Å². The van der Waals surface area contributed by atoms with Crippen LogP contribution in [-0.2, 0) is 24.5 Å². The number of hydrogen-bond donors (Lipinski definition) is 1. The van der Waals surface area contributed by atoms with Gasteiger partial charge in [-0.1, -0.05) is 12.1 Å². The first-order chi connectivity index (χ1) is 20.2. The number of hydrogen-bond acceptors (Lipinski definition) is 7. The highest BCUT2D eigenvalue weighted by atomic mass is 79.9. The number of anilines is 1. The van der Waals surface area contributed by atoms with Gasteiger partial charge in [-0.25, -0.2) is 14.5 Å². The molecule has 0 spiro atoms. The minimum atomic E-state index is -0.786. The quantitative estimate of drug-likeness (QED) is 0.230. The molecule has 4 saturated carbocycles. The summed E-state index contributed by atoms with van der Waals surface area (Å²) in [5.74, 6) is 0.940. The summed E-state index contributed by atoms with van der Waals surface area (Å²) in [4.78, 5) is 51.9. The molecule has 0 unspecified atom stereocenters. The third-order valence-corrected chi connectivity index (χ3v) is 9.67. The molecule has 9 nitrogen and oxygen atoms in total. The Morgan fingerprint density at radius 1 is 1.02 bits per heavy atom. The van der Waals surface area contributed by atoms with Crippen LogP contribution in [0.2, 0.25) is 0 Å². The Labute approximate surface area is 252 Å². The summed E-state index contributed by atoms with van der Waals surface area (Å²) in [5, 5.41) is 2.30. The second-order valence-corrected chi connectivity index (χ2v) is 12.7. The van der Waals surface area contributed by atoms with Gasteiger partial charge in [0.15, 0.2) is 18.1 Å². The number of rotatable bonds is 8. The number of nitrogens with one attached hydrogen (secondary N) is 1. The Morgan fingerprint density at radius 2 is 1.67 bits per heavy atom. The lowest BCUT2D eigenvalue weighted by atomic mass is 9.48. The number of amides is 4. The lowest BCUT2D eigenvalue weighted by molar-refractivity contribution is -0.143. The summed E-state index contributed by atoms with van der Waals surface area (Å²) in [7, 11) is 1.26. The highest BCUT2D eigenvalue weighted by molar-refractivity contribution is 9.10. The van der Waals surface area contributed by atoms with Gasteiger partial charge in [0, 0.05) is 0 Å². The molecule has 7 rings (SSSR count). The van der Waals surface area contributed by atoms with Crippen molar-refractivity contribution in [2.24, 2.45) is 17.8 Å². The number of benzene rings is 2. The van der Waals surface area contributed by atoms with Crippen molar-refractivity contribution in [2.75, 3.05) is 25.2 Å². The fraction of sp³-hybridized carbons (Fsp3) is 0.438. The fourth-order valence-corrected chi connectivity index (χ4v) is 8.33. The first kappa shape index (κ1) is 28.5. The van der Waals surface area contributed by atoms with E-state index in [2.05, 4.69) is 38.1 Å². The molecule has 4 aliphatic carbocycles. The number of urea groups is 1. The fourth-order valence-electron chi connectivity index (χ4n) is 7.75. The number of nitrogens with zero attached hydrogens (tertiary/aromatic N) is 1. The Kier molecular flexibility index (Phi) is 7.59.